The zero-order valence-corrected chi connectivity index (χ0v) is 19.0. The monoisotopic (exact) mass is 468 g/mol. The van der Waals surface area contributed by atoms with Crippen LogP contribution in [0.1, 0.15) is 52.7 Å². The van der Waals surface area contributed by atoms with Crippen molar-refractivity contribution in [1.29, 1.82) is 0 Å². The Balaban J connectivity index is 1.37. The van der Waals surface area contributed by atoms with Gasteiger partial charge in [-0.05, 0) is 54.9 Å². The summed E-state index contributed by atoms with van der Waals surface area (Å²) < 4.78 is 15.0. The molecular formula is C25H26ClFN4O2. The second kappa shape index (κ2) is 8.47. The van der Waals surface area contributed by atoms with E-state index in [1.54, 1.807) is 7.05 Å². The summed E-state index contributed by atoms with van der Waals surface area (Å²) in [6.45, 7) is 0. The van der Waals surface area contributed by atoms with Gasteiger partial charge in [-0.3, -0.25) is 9.48 Å². The van der Waals surface area contributed by atoms with Gasteiger partial charge >= 0.3 is 0 Å². The van der Waals surface area contributed by atoms with Crippen molar-refractivity contribution in [1.82, 2.24) is 9.78 Å². The number of aliphatic hydroxyl groups excluding tert-OH is 1. The molecule has 172 valence electrons. The van der Waals surface area contributed by atoms with Crippen LogP contribution in [0.3, 0.4) is 0 Å². The van der Waals surface area contributed by atoms with Crippen LogP contribution in [0.15, 0.2) is 48.5 Å². The maximum absolute atomic E-state index is 13.5. The fourth-order valence-electron chi connectivity index (χ4n) is 5.71. The number of nitrogen functional groups attached to an aromatic ring is 1. The molecule has 6 nitrogen and oxygen atoms in total. The molecule has 1 aromatic heterocycles. The first-order chi connectivity index (χ1) is 15.8. The number of rotatable bonds is 4. The molecule has 1 heterocycles. The minimum atomic E-state index is -0.555. The summed E-state index contributed by atoms with van der Waals surface area (Å²) >= 11 is 5.85. The third-order valence-electron chi connectivity index (χ3n) is 7.29. The minimum absolute atomic E-state index is 0.0347. The van der Waals surface area contributed by atoms with Gasteiger partial charge in [0.25, 0.3) is 5.91 Å². The molecule has 3 aromatic rings. The number of carbonyl (C=O) groups excluding carboxylic acids is 1. The number of halogens is 2. The second-order valence-electron chi connectivity index (χ2n) is 9.19. The highest BCUT2D eigenvalue weighted by Gasteiger charge is 2.49. The summed E-state index contributed by atoms with van der Waals surface area (Å²) in [5.74, 6) is 0.0181. The van der Waals surface area contributed by atoms with E-state index < -0.39 is 17.8 Å². The smallest absolute Gasteiger partial charge is 0.261 e. The second-order valence-corrected chi connectivity index (χ2v) is 9.60. The summed E-state index contributed by atoms with van der Waals surface area (Å²) in [6, 6.07) is 14.2. The molecule has 4 N–H and O–H groups in total. The minimum Gasteiger partial charge on any atom is -0.392 e. The number of nitrogens with one attached hydrogen (secondary N) is 1. The van der Waals surface area contributed by atoms with Crippen molar-refractivity contribution in [3.05, 3.63) is 76.2 Å². The van der Waals surface area contributed by atoms with Crippen molar-refractivity contribution >= 4 is 29.0 Å². The van der Waals surface area contributed by atoms with Gasteiger partial charge in [-0.2, -0.15) is 5.10 Å². The van der Waals surface area contributed by atoms with Crippen molar-refractivity contribution in [2.45, 2.75) is 37.2 Å². The molecule has 8 heteroatoms. The molecule has 0 aliphatic heterocycles. The van der Waals surface area contributed by atoms with Gasteiger partial charge in [0.2, 0.25) is 0 Å². The zero-order valence-electron chi connectivity index (χ0n) is 18.2. The molecule has 5 rings (SSSR count). The lowest BCUT2D eigenvalue weighted by molar-refractivity contribution is 0.102. The SMILES string of the molecule is Cn1nc(C2CC3CC(c4ccccc4)C(O)C3C2)c(C(=O)Nc2ccc(F)c(Cl)c2)c1N. The summed E-state index contributed by atoms with van der Waals surface area (Å²) in [7, 11) is 1.71. The Morgan fingerprint density at radius 3 is 2.67 bits per heavy atom. The lowest BCUT2D eigenvalue weighted by Gasteiger charge is -2.20. The number of benzene rings is 2. The van der Waals surface area contributed by atoms with Crippen molar-refractivity contribution in [3.63, 3.8) is 0 Å². The van der Waals surface area contributed by atoms with Crippen LogP contribution in [0.5, 0.6) is 0 Å². The summed E-state index contributed by atoms with van der Waals surface area (Å²) in [5.41, 5.74) is 8.76. The van der Waals surface area contributed by atoms with Crippen molar-refractivity contribution in [2.24, 2.45) is 18.9 Å². The number of hydrogen-bond donors (Lipinski definition) is 3. The van der Waals surface area contributed by atoms with E-state index in [0.717, 1.165) is 19.3 Å². The molecule has 5 atom stereocenters. The largest absolute Gasteiger partial charge is 0.392 e. The number of aryl methyl sites for hydroxylation is 1. The van der Waals surface area contributed by atoms with Crippen molar-refractivity contribution in [2.75, 3.05) is 11.1 Å². The molecule has 2 aliphatic rings. The summed E-state index contributed by atoms with van der Waals surface area (Å²) in [6.07, 6.45) is 2.12. The van der Waals surface area contributed by atoms with Gasteiger partial charge in [0.1, 0.15) is 17.2 Å². The number of nitrogens with zero attached hydrogens (tertiary/aromatic N) is 2. The number of aliphatic hydroxyl groups is 1. The number of aromatic nitrogens is 2. The molecule has 1 amide bonds. The first-order valence-corrected chi connectivity index (χ1v) is 11.5. The molecule has 5 unspecified atom stereocenters. The molecule has 2 saturated carbocycles. The van der Waals surface area contributed by atoms with E-state index in [4.69, 9.17) is 17.3 Å². The maximum Gasteiger partial charge on any atom is 0.261 e. The van der Waals surface area contributed by atoms with E-state index in [2.05, 4.69) is 22.5 Å². The van der Waals surface area contributed by atoms with Gasteiger partial charge in [0.05, 0.1) is 16.8 Å². The Kier molecular flexibility index (Phi) is 5.62. The van der Waals surface area contributed by atoms with Gasteiger partial charge in [0, 0.05) is 24.6 Å². The Bertz CT molecular complexity index is 1200. The van der Waals surface area contributed by atoms with Crippen LogP contribution in [0.2, 0.25) is 5.02 Å². The third-order valence-corrected chi connectivity index (χ3v) is 7.58. The van der Waals surface area contributed by atoms with Crippen LogP contribution < -0.4 is 11.1 Å². The standard InChI is InChI=1S/C25H26ClFN4O2/c1-31-24(28)21(25(33)29-16-7-8-20(27)19(26)12-16)22(30-31)15-9-14-10-17(23(32)18(14)11-15)13-5-3-2-4-6-13/h2-8,12,14-15,17-18,23,32H,9-11,28H2,1H3,(H,29,33). The maximum atomic E-state index is 13.5. The predicted molar refractivity (Wildman–Crippen MR) is 126 cm³/mol. The molecule has 33 heavy (non-hydrogen) atoms. The van der Waals surface area contributed by atoms with Crippen LogP contribution in [0, 0.1) is 17.7 Å². The van der Waals surface area contributed by atoms with Gasteiger partial charge < -0.3 is 16.2 Å². The number of hydrogen-bond acceptors (Lipinski definition) is 4. The average molecular weight is 469 g/mol. The highest BCUT2D eigenvalue weighted by Crippen LogP contribution is 2.55. The van der Waals surface area contributed by atoms with Gasteiger partial charge in [0.15, 0.2) is 0 Å². The molecule has 0 spiro atoms. The van der Waals surface area contributed by atoms with E-state index in [9.17, 15) is 14.3 Å². The molecule has 2 aliphatic carbocycles. The Morgan fingerprint density at radius 1 is 1.21 bits per heavy atom. The highest BCUT2D eigenvalue weighted by atomic mass is 35.5. The molecule has 2 aromatic carbocycles. The van der Waals surface area contributed by atoms with Crippen LogP contribution in [0.25, 0.3) is 0 Å². The van der Waals surface area contributed by atoms with E-state index in [1.807, 2.05) is 18.2 Å². The van der Waals surface area contributed by atoms with Crippen LogP contribution in [-0.4, -0.2) is 26.9 Å². The van der Waals surface area contributed by atoms with Crippen molar-refractivity contribution in [3.8, 4) is 0 Å². The van der Waals surface area contributed by atoms with E-state index in [1.165, 1.54) is 28.4 Å². The predicted octanol–water partition coefficient (Wildman–Crippen LogP) is 4.71. The number of nitrogens with two attached hydrogens (primary N) is 1. The summed E-state index contributed by atoms with van der Waals surface area (Å²) in [4.78, 5) is 13.1. The van der Waals surface area contributed by atoms with Crippen LogP contribution in [0.4, 0.5) is 15.9 Å². The van der Waals surface area contributed by atoms with Crippen LogP contribution in [-0.2, 0) is 7.05 Å². The molecule has 2 fully saturated rings. The Labute approximate surface area is 196 Å². The van der Waals surface area contributed by atoms with Gasteiger partial charge in [-0.1, -0.05) is 41.9 Å². The highest BCUT2D eigenvalue weighted by molar-refractivity contribution is 6.31. The van der Waals surface area contributed by atoms with E-state index in [0.29, 0.717) is 22.9 Å². The quantitative estimate of drug-likeness (QED) is 0.517. The molecular weight excluding hydrogens is 443 g/mol. The lowest BCUT2D eigenvalue weighted by atomic mass is 9.89. The number of amides is 1. The Hall–Kier alpha value is -2.90. The van der Waals surface area contributed by atoms with Gasteiger partial charge in [-0.25, -0.2) is 4.39 Å². The molecule has 0 saturated heterocycles. The first kappa shape index (κ1) is 21.9. The fraction of sp³-hybridized carbons (Fsp3) is 0.360. The zero-order chi connectivity index (χ0) is 23.3. The van der Waals surface area contributed by atoms with Gasteiger partial charge in [-0.15, -0.1) is 0 Å². The average Bonchev–Trinajstić information content (AvgIpc) is 3.44. The fourth-order valence-corrected chi connectivity index (χ4v) is 5.89. The first-order valence-electron chi connectivity index (χ1n) is 11.1. The molecule has 0 bridgehead atoms. The van der Waals surface area contributed by atoms with Crippen molar-refractivity contribution < 1.29 is 14.3 Å². The lowest BCUT2D eigenvalue weighted by Crippen LogP contribution is -2.20. The summed E-state index contributed by atoms with van der Waals surface area (Å²) in [5, 5.41) is 18.4. The van der Waals surface area contributed by atoms with E-state index >= 15 is 0 Å². The van der Waals surface area contributed by atoms with E-state index in [-0.39, 0.29) is 28.6 Å². The number of fused-ring (bicyclic) bond motifs is 1. The Morgan fingerprint density at radius 2 is 1.97 bits per heavy atom. The number of anilines is 2. The topological polar surface area (TPSA) is 93.2 Å². The number of carbonyl (C=O) groups is 1. The third kappa shape index (κ3) is 3.89. The van der Waals surface area contributed by atoms with Crippen LogP contribution >= 0.6 is 11.6 Å². The normalized spacial score (nSPS) is 26.4. The molecule has 0 radical (unpaired) electrons.